The average molecular weight is 354 g/mol. The minimum absolute atomic E-state index is 0.0419. The Labute approximate surface area is 147 Å². The minimum Gasteiger partial charge on any atom is -0.267 e. The standard InChI is InChI=1S/C17H14N4O3S/c1-11-16(25-15-7-5-14(6-8-15)21(23)24)12(2)20(19-11)17(22)13-4-3-9-18-10-13/h3-10H,1-2H3. The molecular weight excluding hydrogens is 340 g/mol. The van der Waals surface area contributed by atoms with Crippen molar-refractivity contribution < 1.29 is 9.72 Å². The molecule has 0 fully saturated rings. The van der Waals surface area contributed by atoms with Gasteiger partial charge in [0.15, 0.2) is 0 Å². The Hall–Kier alpha value is -3.00. The molecule has 0 N–H and O–H groups in total. The van der Waals surface area contributed by atoms with Crippen molar-refractivity contribution in [1.29, 1.82) is 0 Å². The fourth-order valence-corrected chi connectivity index (χ4v) is 3.27. The van der Waals surface area contributed by atoms with E-state index in [0.717, 1.165) is 21.2 Å². The van der Waals surface area contributed by atoms with Crippen molar-refractivity contribution in [3.63, 3.8) is 0 Å². The monoisotopic (exact) mass is 354 g/mol. The molecule has 7 nitrogen and oxygen atoms in total. The molecule has 8 heteroatoms. The van der Waals surface area contributed by atoms with Gasteiger partial charge in [-0.1, -0.05) is 11.8 Å². The first-order valence-electron chi connectivity index (χ1n) is 7.40. The Morgan fingerprint density at radius 1 is 1.20 bits per heavy atom. The first-order chi connectivity index (χ1) is 12.0. The zero-order valence-corrected chi connectivity index (χ0v) is 14.4. The first kappa shape index (κ1) is 16.8. The fraction of sp³-hybridized carbons (Fsp3) is 0.118. The summed E-state index contributed by atoms with van der Waals surface area (Å²) in [4.78, 5) is 28.5. The van der Waals surface area contributed by atoms with Gasteiger partial charge in [-0.2, -0.15) is 9.78 Å². The molecule has 126 valence electrons. The number of benzene rings is 1. The van der Waals surface area contributed by atoms with Crippen LogP contribution in [0.4, 0.5) is 5.69 Å². The van der Waals surface area contributed by atoms with Crippen LogP contribution in [0.5, 0.6) is 0 Å². The van der Waals surface area contributed by atoms with Crippen LogP contribution >= 0.6 is 11.8 Å². The third-order valence-electron chi connectivity index (χ3n) is 3.59. The summed E-state index contributed by atoms with van der Waals surface area (Å²) in [5.74, 6) is -0.246. The lowest BCUT2D eigenvalue weighted by atomic mass is 10.2. The van der Waals surface area contributed by atoms with Crippen molar-refractivity contribution in [1.82, 2.24) is 14.8 Å². The normalized spacial score (nSPS) is 10.6. The highest BCUT2D eigenvalue weighted by atomic mass is 32.2. The van der Waals surface area contributed by atoms with Gasteiger partial charge < -0.3 is 0 Å². The molecule has 0 amide bonds. The molecule has 0 aliphatic carbocycles. The van der Waals surface area contributed by atoms with Crippen LogP contribution in [-0.2, 0) is 0 Å². The average Bonchev–Trinajstić information content (AvgIpc) is 2.90. The summed E-state index contributed by atoms with van der Waals surface area (Å²) in [6, 6.07) is 9.67. The summed E-state index contributed by atoms with van der Waals surface area (Å²) in [5.41, 5.74) is 1.94. The van der Waals surface area contributed by atoms with Crippen LogP contribution in [0, 0.1) is 24.0 Å². The largest absolute Gasteiger partial charge is 0.279 e. The topological polar surface area (TPSA) is 90.9 Å². The van der Waals surface area contributed by atoms with Crippen LogP contribution < -0.4 is 0 Å². The zero-order chi connectivity index (χ0) is 18.0. The molecule has 25 heavy (non-hydrogen) atoms. The molecule has 1 aromatic carbocycles. The molecule has 0 bridgehead atoms. The fourth-order valence-electron chi connectivity index (χ4n) is 2.34. The van der Waals surface area contributed by atoms with E-state index in [1.807, 2.05) is 13.8 Å². The van der Waals surface area contributed by atoms with E-state index >= 15 is 0 Å². The van der Waals surface area contributed by atoms with Crippen molar-refractivity contribution in [2.75, 3.05) is 0 Å². The molecule has 0 radical (unpaired) electrons. The number of aromatic nitrogens is 3. The smallest absolute Gasteiger partial charge is 0.267 e. The number of carbonyl (C=O) groups is 1. The second kappa shape index (κ2) is 6.86. The summed E-state index contributed by atoms with van der Waals surface area (Å²) in [6.45, 7) is 3.65. The number of rotatable bonds is 4. The van der Waals surface area contributed by atoms with Gasteiger partial charge in [0.2, 0.25) is 0 Å². The second-order valence-corrected chi connectivity index (χ2v) is 6.40. The Morgan fingerprint density at radius 3 is 2.52 bits per heavy atom. The van der Waals surface area contributed by atoms with Crippen molar-refractivity contribution in [2.45, 2.75) is 23.6 Å². The van der Waals surface area contributed by atoms with Gasteiger partial charge in [-0.25, -0.2) is 0 Å². The highest BCUT2D eigenvalue weighted by Gasteiger charge is 2.19. The number of pyridine rings is 1. The summed E-state index contributed by atoms with van der Waals surface area (Å²) < 4.78 is 1.36. The van der Waals surface area contributed by atoms with Crippen molar-refractivity contribution in [2.24, 2.45) is 0 Å². The molecular formula is C17H14N4O3S. The van der Waals surface area contributed by atoms with Gasteiger partial charge in [-0.05, 0) is 38.1 Å². The van der Waals surface area contributed by atoms with E-state index in [1.54, 1.807) is 30.5 Å². The molecule has 2 heterocycles. The SMILES string of the molecule is Cc1nn(C(=O)c2cccnc2)c(C)c1Sc1ccc([N+](=O)[O-])cc1. The van der Waals surface area contributed by atoms with Crippen molar-refractivity contribution >= 4 is 23.4 Å². The lowest BCUT2D eigenvalue weighted by molar-refractivity contribution is -0.384. The van der Waals surface area contributed by atoms with Crippen molar-refractivity contribution in [3.8, 4) is 0 Å². The van der Waals surface area contributed by atoms with Crippen LogP contribution in [0.25, 0.3) is 0 Å². The third kappa shape index (κ3) is 3.43. The van der Waals surface area contributed by atoms with Crippen LogP contribution in [0.1, 0.15) is 21.7 Å². The number of non-ortho nitro benzene ring substituents is 1. The number of nitro benzene ring substituents is 1. The number of nitro groups is 1. The van der Waals surface area contributed by atoms with E-state index in [9.17, 15) is 14.9 Å². The highest BCUT2D eigenvalue weighted by Crippen LogP contribution is 2.33. The van der Waals surface area contributed by atoms with Gasteiger partial charge in [0.05, 0.1) is 26.8 Å². The van der Waals surface area contributed by atoms with E-state index in [-0.39, 0.29) is 11.6 Å². The van der Waals surface area contributed by atoms with Crippen LogP contribution in [0.2, 0.25) is 0 Å². The predicted octanol–water partition coefficient (Wildman–Crippen LogP) is 3.64. The van der Waals surface area contributed by atoms with Gasteiger partial charge in [0, 0.05) is 29.4 Å². The maximum Gasteiger partial charge on any atom is 0.279 e. The molecule has 0 spiro atoms. The van der Waals surface area contributed by atoms with Crippen molar-refractivity contribution in [3.05, 3.63) is 75.9 Å². The summed E-state index contributed by atoms with van der Waals surface area (Å²) in [6.07, 6.45) is 3.11. The number of hydrogen-bond donors (Lipinski definition) is 0. The van der Waals surface area contributed by atoms with Crippen LogP contribution in [-0.4, -0.2) is 25.6 Å². The molecule has 0 atom stereocenters. The maximum absolute atomic E-state index is 12.6. The van der Waals surface area contributed by atoms with Gasteiger partial charge >= 0.3 is 0 Å². The number of carbonyl (C=O) groups excluding carboxylic acids is 1. The molecule has 0 aliphatic heterocycles. The summed E-state index contributed by atoms with van der Waals surface area (Å²) in [7, 11) is 0. The van der Waals surface area contributed by atoms with Crippen LogP contribution in [0.3, 0.4) is 0 Å². The van der Waals surface area contributed by atoms with Crippen LogP contribution in [0.15, 0.2) is 58.6 Å². The molecule has 0 saturated carbocycles. The predicted molar refractivity (Wildman–Crippen MR) is 92.9 cm³/mol. The first-order valence-corrected chi connectivity index (χ1v) is 8.22. The van der Waals surface area contributed by atoms with Gasteiger partial charge in [0.25, 0.3) is 11.6 Å². The lowest BCUT2D eigenvalue weighted by Crippen LogP contribution is -2.15. The van der Waals surface area contributed by atoms with E-state index in [2.05, 4.69) is 10.1 Å². The zero-order valence-electron chi connectivity index (χ0n) is 13.5. The number of aryl methyl sites for hydroxylation is 1. The van der Waals surface area contributed by atoms with Gasteiger partial charge in [0.1, 0.15) is 0 Å². The Balaban J connectivity index is 1.89. The third-order valence-corrected chi connectivity index (χ3v) is 4.90. The van der Waals surface area contributed by atoms with E-state index in [0.29, 0.717) is 5.56 Å². The molecule has 0 unspecified atom stereocenters. The number of hydrogen-bond acceptors (Lipinski definition) is 6. The Bertz CT molecular complexity index is 937. The summed E-state index contributed by atoms with van der Waals surface area (Å²) >= 11 is 1.42. The summed E-state index contributed by atoms with van der Waals surface area (Å²) in [5, 5.41) is 15.1. The molecule has 3 aromatic rings. The van der Waals surface area contributed by atoms with Gasteiger partial charge in [-0.15, -0.1) is 0 Å². The minimum atomic E-state index is -0.435. The quantitative estimate of drug-likeness (QED) is 0.525. The van der Waals surface area contributed by atoms with E-state index in [1.165, 1.54) is 34.8 Å². The molecule has 0 aliphatic rings. The van der Waals surface area contributed by atoms with Gasteiger partial charge in [-0.3, -0.25) is 19.9 Å². The maximum atomic E-state index is 12.6. The highest BCUT2D eigenvalue weighted by molar-refractivity contribution is 7.99. The molecule has 3 rings (SSSR count). The lowest BCUT2D eigenvalue weighted by Gasteiger charge is -2.04. The Morgan fingerprint density at radius 2 is 1.92 bits per heavy atom. The van der Waals surface area contributed by atoms with E-state index in [4.69, 9.17) is 0 Å². The molecule has 0 saturated heterocycles. The second-order valence-electron chi connectivity index (χ2n) is 5.31. The molecule has 2 aromatic heterocycles. The number of nitrogens with zero attached hydrogens (tertiary/aromatic N) is 4. The van der Waals surface area contributed by atoms with E-state index < -0.39 is 4.92 Å². The Kier molecular flexibility index (Phi) is 4.62.